The lowest BCUT2D eigenvalue weighted by molar-refractivity contribution is 1.00. The highest BCUT2D eigenvalue weighted by molar-refractivity contribution is 8.02. The summed E-state index contributed by atoms with van der Waals surface area (Å²) in [7, 11) is 0. The van der Waals surface area contributed by atoms with Gasteiger partial charge < -0.3 is 0 Å². The Balaban J connectivity index is 2.19. The van der Waals surface area contributed by atoms with Gasteiger partial charge in [0.25, 0.3) is 0 Å². The predicted octanol–water partition coefficient (Wildman–Crippen LogP) is 2.51. The van der Waals surface area contributed by atoms with E-state index in [1.165, 1.54) is 34.6 Å². The molecule has 0 aliphatic rings. The van der Waals surface area contributed by atoms with Gasteiger partial charge in [0, 0.05) is 0 Å². The second-order valence-electron chi connectivity index (χ2n) is 2.09. The van der Waals surface area contributed by atoms with E-state index in [1.807, 2.05) is 6.92 Å². The van der Waals surface area contributed by atoms with E-state index in [4.69, 9.17) is 12.2 Å². The molecule has 0 spiro atoms. The number of hydrogen-bond donors (Lipinski definition) is 1. The maximum Gasteiger partial charge on any atom is 0.180 e. The normalized spacial score (nSPS) is 10.5. The van der Waals surface area contributed by atoms with E-state index >= 15 is 0 Å². The minimum Gasteiger partial charge on any atom is -0.257 e. The molecule has 8 heteroatoms. The van der Waals surface area contributed by atoms with Crippen LogP contribution in [0.25, 0.3) is 0 Å². The zero-order valence-electron chi connectivity index (χ0n) is 6.47. The molecular formula is C5H4N4S4. The minimum atomic E-state index is 0.684. The van der Waals surface area contributed by atoms with Crippen LogP contribution in [0.1, 0.15) is 5.82 Å². The van der Waals surface area contributed by atoms with Crippen molar-refractivity contribution in [1.29, 1.82) is 0 Å². The highest BCUT2D eigenvalue weighted by Gasteiger charge is 2.05. The largest absolute Gasteiger partial charge is 0.257 e. The van der Waals surface area contributed by atoms with Gasteiger partial charge in [-0.15, -0.1) is 0 Å². The highest BCUT2D eigenvalue weighted by atomic mass is 32.2. The molecule has 2 heterocycles. The molecule has 2 rings (SSSR count). The fourth-order valence-corrected chi connectivity index (χ4v) is 3.59. The van der Waals surface area contributed by atoms with Gasteiger partial charge in [0.05, 0.1) is 0 Å². The monoisotopic (exact) mass is 248 g/mol. The Morgan fingerprint density at radius 2 is 2.31 bits per heavy atom. The zero-order valence-corrected chi connectivity index (χ0v) is 9.74. The maximum atomic E-state index is 4.91. The number of aryl methyl sites for hydroxylation is 1. The quantitative estimate of drug-likeness (QED) is 0.828. The molecule has 0 saturated heterocycles. The van der Waals surface area contributed by atoms with Crippen molar-refractivity contribution in [3.8, 4) is 0 Å². The van der Waals surface area contributed by atoms with Crippen LogP contribution in [0.5, 0.6) is 0 Å². The van der Waals surface area contributed by atoms with Crippen molar-refractivity contribution in [3.63, 3.8) is 0 Å². The third kappa shape index (κ3) is 2.33. The van der Waals surface area contributed by atoms with Gasteiger partial charge in [-0.05, 0) is 42.4 Å². The molecule has 0 saturated carbocycles. The molecule has 0 aliphatic carbocycles. The maximum absolute atomic E-state index is 4.91. The number of rotatable bonds is 2. The number of aromatic nitrogens is 4. The van der Waals surface area contributed by atoms with E-state index in [-0.39, 0.29) is 0 Å². The van der Waals surface area contributed by atoms with Crippen LogP contribution < -0.4 is 0 Å². The molecule has 0 atom stereocenters. The van der Waals surface area contributed by atoms with Crippen LogP contribution in [-0.2, 0) is 0 Å². The Hall–Kier alpha value is -0.310. The third-order valence-electron chi connectivity index (χ3n) is 1.10. The summed E-state index contributed by atoms with van der Waals surface area (Å²) >= 11 is 9.21. The van der Waals surface area contributed by atoms with E-state index in [2.05, 4.69) is 19.6 Å². The molecule has 0 unspecified atom stereocenters. The van der Waals surface area contributed by atoms with Crippen LogP contribution in [0.4, 0.5) is 0 Å². The molecule has 2 aromatic heterocycles. The summed E-state index contributed by atoms with van der Waals surface area (Å²) in [6.07, 6.45) is 0. The fourth-order valence-electron chi connectivity index (χ4n) is 0.654. The first-order valence-corrected chi connectivity index (χ1v) is 6.09. The summed E-state index contributed by atoms with van der Waals surface area (Å²) in [5.41, 5.74) is 0. The fraction of sp³-hybridized carbons (Fsp3) is 0.200. The van der Waals surface area contributed by atoms with Crippen molar-refractivity contribution in [2.75, 3.05) is 0 Å². The zero-order chi connectivity index (χ0) is 9.26. The Kier molecular flexibility index (Phi) is 2.72. The summed E-state index contributed by atoms with van der Waals surface area (Å²) in [5.74, 6) is 0.798. The summed E-state index contributed by atoms with van der Waals surface area (Å²) in [5, 5.41) is 6.73. The van der Waals surface area contributed by atoms with Gasteiger partial charge in [-0.25, -0.2) is 4.98 Å². The van der Waals surface area contributed by atoms with E-state index in [0.29, 0.717) is 3.95 Å². The second kappa shape index (κ2) is 3.82. The molecule has 0 bridgehead atoms. The van der Waals surface area contributed by atoms with Crippen molar-refractivity contribution in [2.45, 2.75) is 15.6 Å². The van der Waals surface area contributed by atoms with Crippen LogP contribution in [0.2, 0.25) is 0 Å². The molecule has 0 aromatic carbocycles. The van der Waals surface area contributed by atoms with Crippen molar-refractivity contribution in [3.05, 3.63) is 9.78 Å². The first-order chi connectivity index (χ1) is 6.24. The lowest BCUT2D eigenvalue weighted by Gasteiger charge is -1.84. The van der Waals surface area contributed by atoms with Gasteiger partial charge in [-0.2, -0.15) is 9.47 Å². The van der Waals surface area contributed by atoms with Gasteiger partial charge in [0.1, 0.15) is 5.82 Å². The van der Waals surface area contributed by atoms with Crippen molar-refractivity contribution in [1.82, 2.24) is 19.6 Å². The number of hydrogen-bond acceptors (Lipinski definition) is 7. The molecule has 0 radical (unpaired) electrons. The van der Waals surface area contributed by atoms with Crippen LogP contribution in [0.15, 0.2) is 8.68 Å². The summed E-state index contributed by atoms with van der Waals surface area (Å²) in [6.45, 7) is 1.87. The van der Waals surface area contributed by atoms with Gasteiger partial charge in [0.15, 0.2) is 12.6 Å². The molecule has 2 aromatic rings. The Morgan fingerprint density at radius 1 is 1.46 bits per heavy atom. The molecule has 0 fully saturated rings. The number of H-pyrrole nitrogens is 1. The van der Waals surface area contributed by atoms with Crippen LogP contribution in [0.3, 0.4) is 0 Å². The third-order valence-corrected chi connectivity index (χ3v) is 4.09. The Bertz CT molecular complexity index is 455. The lowest BCUT2D eigenvalue weighted by atomic mass is 10.8. The van der Waals surface area contributed by atoms with Crippen molar-refractivity contribution in [2.24, 2.45) is 0 Å². The molecule has 0 aliphatic heterocycles. The second-order valence-corrected chi connectivity index (χ2v) is 6.00. The van der Waals surface area contributed by atoms with E-state index < -0.39 is 0 Å². The number of nitrogens with zero attached hydrogens (tertiary/aromatic N) is 3. The SMILES string of the molecule is Cc1nsc(Sc2n[nH]c(=S)s2)n1. The molecule has 13 heavy (non-hydrogen) atoms. The summed E-state index contributed by atoms with van der Waals surface area (Å²) in [6, 6.07) is 0. The first kappa shape index (κ1) is 9.25. The van der Waals surface area contributed by atoms with Gasteiger partial charge in [-0.1, -0.05) is 11.3 Å². The molecule has 1 N–H and O–H groups in total. The van der Waals surface area contributed by atoms with Crippen molar-refractivity contribution < 1.29 is 0 Å². The topological polar surface area (TPSA) is 54.5 Å². The number of aromatic amines is 1. The smallest absolute Gasteiger partial charge is 0.180 e. The van der Waals surface area contributed by atoms with Crippen LogP contribution >= 0.6 is 46.8 Å². The van der Waals surface area contributed by atoms with E-state index in [0.717, 1.165) is 14.5 Å². The number of nitrogens with one attached hydrogen (secondary N) is 1. The summed E-state index contributed by atoms with van der Waals surface area (Å²) < 4.78 is 6.53. The van der Waals surface area contributed by atoms with Crippen LogP contribution in [-0.4, -0.2) is 19.6 Å². The molecule has 4 nitrogen and oxygen atoms in total. The van der Waals surface area contributed by atoms with Crippen molar-refractivity contribution >= 4 is 46.8 Å². The summed E-state index contributed by atoms with van der Waals surface area (Å²) in [4.78, 5) is 4.20. The molecular weight excluding hydrogens is 244 g/mol. The molecule has 68 valence electrons. The van der Waals surface area contributed by atoms with E-state index in [9.17, 15) is 0 Å². The van der Waals surface area contributed by atoms with Gasteiger partial charge in [-0.3, -0.25) is 5.10 Å². The average Bonchev–Trinajstić information content (AvgIpc) is 2.62. The lowest BCUT2D eigenvalue weighted by Crippen LogP contribution is -1.73. The average molecular weight is 248 g/mol. The van der Waals surface area contributed by atoms with Gasteiger partial charge in [0.2, 0.25) is 0 Å². The Morgan fingerprint density at radius 3 is 2.85 bits per heavy atom. The highest BCUT2D eigenvalue weighted by Crippen LogP contribution is 2.29. The van der Waals surface area contributed by atoms with E-state index in [1.54, 1.807) is 0 Å². The Labute approximate surface area is 91.6 Å². The molecule has 0 amide bonds. The predicted molar refractivity (Wildman–Crippen MR) is 56.1 cm³/mol. The van der Waals surface area contributed by atoms with Gasteiger partial charge >= 0.3 is 0 Å². The first-order valence-electron chi connectivity index (χ1n) is 3.28. The van der Waals surface area contributed by atoms with Crippen LogP contribution in [0, 0.1) is 10.9 Å². The minimum absolute atomic E-state index is 0.684. The standard InChI is InChI=1S/C5H4N4S4/c1-2-6-4(13-9-2)12-5-8-7-3(10)11-5/h1H3,(H,7,10).